The fourth-order valence-corrected chi connectivity index (χ4v) is 3.78. The molecule has 156 valence electrons. The quantitative estimate of drug-likeness (QED) is 0.726. The summed E-state index contributed by atoms with van der Waals surface area (Å²) in [5.41, 5.74) is -0.464. The number of amides is 1. The number of anilines is 1. The van der Waals surface area contributed by atoms with Gasteiger partial charge in [0.25, 0.3) is 0 Å². The Morgan fingerprint density at radius 3 is 2.45 bits per heavy atom. The summed E-state index contributed by atoms with van der Waals surface area (Å²) in [6.45, 7) is 1.77. The lowest BCUT2D eigenvalue weighted by molar-refractivity contribution is -0.118. The summed E-state index contributed by atoms with van der Waals surface area (Å²) in [7, 11) is 1.41. The minimum Gasteiger partial charge on any atom is -0.492 e. The van der Waals surface area contributed by atoms with Crippen LogP contribution in [0, 0.1) is 5.82 Å². The van der Waals surface area contributed by atoms with E-state index in [9.17, 15) is 19.5 Å². The highest BCUT2D eigenvalue weighted by atomic mass is 19.1. The molecule has 1 saturated carbocycles. The second kappa shape index (κ2) is 7.70. The smallest absolute Gasteiger partial charge is 0.341 e. The molecule has 0 radical (unpaired) electrons. The minimum absolute atomic E-state index is 0. The highest BCUT2D eigenvalue weighted by Gasteiger charge is 2.31. The van der Waals surface area contributed by atoms with Crippen LogP contribution < -0.4 is 15.1 Å². The number of nitrogens with zero attached hydrogens (tertiary/aromatic N) is 3. The third-order valence-corrected chi connectivity index (χ3v) is 5.35. The molecular weight excluding hydrogens is 385 g/mol. The van der Waals surface area contributed by atoms with Crippen molar-refractivity contribution in [2.24, 2.45) is 0 Å². The summed E-state index contributed by atoms with van der Waals surface area (Å²) in [6.07, 6.45) is 3.80. The Morgan fingerprint density at radius 2 is 1.93 bits per heavy atom. The van der Waals surface area contributed by atoms with Crippen molar-refractivity contribution in [3.05, 3.63) is 33.9 Å². The van der Waals surface area contributed by atoms with E-state index < -0.39 is 17.2 Å². The number of carbonyl (C=O) groups is 2. The number of hydrogen-bond donors (Lipinski definition) is 1. The molecule has 2 aliphatic rings. The van der Waals surface area contributed by atoms with Gasteiger partial charge in [-0.15, -0.1) is 0 Å². The monoisotopic (exact) mass is 407 g/mol. The molecule has 1 aliphatic carbocycles. The van der Waals surface area contributed by atoms with Crippen molar-refractivity contribution < 1.29 is 29.3 Å². The van der Waals surface area contributed by atoms with Gasteiger partial charge in [0.1, 0.15) is 11.3 Å². The number of hydrogen-bond acceptors (Lipinski definition) is 5. The molecule has 0 spiro atoms. The van der Waals surface area contributed by atoms with Crippen LogP contribution in [0.5, 0.6) is 5.75 Å². The Balaban J connectivity index is 0.00000240. The summed E-state index contributed by atoms with van der Waals surface area (Å²) in [6, 6.07) is 1.16. The maximum Gasteiger partial charge on any atom is 0.341 e. The molecule has 1 aromatic carbocycles. The summed E-state index contributed by atoms with van der Waals surface area (Å²) in [5, 5.41) is 9.37. The Hall–Kier alpha value is -3.14. The van der Waals surface area contributed by atoms with E-state index in [0.717, 1.165) is 25.3 Å². The lowest BCUT2D eigenvalue weighted by atomic mass is 10.1. The van der Waals surface area contributed by atoms with E-state index in [4.69, 9.17) is 4.74 Å². The molecular formula is C19H22FN3O6. The molecule has 10 heteroatoms. The molecule has 0 atom stereocenters. The zero-order chi connectivity index (χ0) is 20.0. The van der Waals surface area contributed by atoms with E-state index in [1.807, 2.05) is 0 Å². The molecule has 1 amide bonds. The second-order valence-electron chi connectivity index (χ2n) is 7.08. The Labute approximate surface area is 165 Å². The first-order valence-electron chi connectivity index (χ1n) is 9.09. The molecule has 2 aromatic rings. The van der Waals surface area contributed by atoms with Crippen LogP contribution in [0.3, 0.4) is 0 Å². The maximum absolute atomic E-state index is 15.1. The fraction of sp³-hybridized carbons (Fsp3) is 0.421. The SMILES string of the molecule is COc1c(N2CCN(C=O)CC2)c(F)cc2c(=O)c(C(=O)O)cn(C3CC3)c12.O. The number of benzene rings is 1. The minimum atomic E-state index is -1.34. The third kappa shape index (κ3) is 3.39. The van der Waals surface area contributed by atoms with Crippen molar-refractivity contribution in [2.45, 2.75) is 18.9 Å². The third-order valence-electron chi connectivity index (χ3n) is 5.35. The number of halogens is 1. The lowest BCUT2D eigenvalue weighted by Crippen LogP contribution is -2.46. The number of carboxylic acids is 1. The second-order valence-corrected chi connectivity index (χ2v) is 7.08. The number of aromatic carboxylic acids is 1. The van der Waals surface area contributed by atoms with E-state index in [0.29, 0.717) is 31.7 Å². The zero-order valence-electron chi connectivity index (χ0n) is 15.9. The molecule has 9 nitrogen and oxygen atoms in total. The number of pyridine rings is 1. The average Bonchev–Trinajstić information content (AvgIpc) is 3.52. The molecule has 2 heterocycles. The van der Waals surface area contributed by atoms with Crippen molar-refractivity contribution >= 4 is 29.0 Å². The summed E-state index contributed by atoms with van der Waals surface area (Å²) < 4.78 is 22.4. The normalized spacial score (nSPS) is 16.5. The zero-order valence-corrected chi connectivity index (χ0v) is 15.9. The highest BCUT2D eigenvalue weighted by molar-refractivity contribution is 5.97. The van der Waals surface area contributed by atoms with Crippen molar-refractivity contribution in [2.75, 3.05) is 38.2 Å². The maximum atomic E-state index is 15.1. The van der Waals surface area contributed by atoms with Gasteiger partial charge in [0.2, 0.25) is 11.8 Å². The first-order valence-corrected chi connectivity index (χ1v) is 9.09. The van der Waals surface area contributed by atoms with Gasteiger partial charge in [-0.1, -0.05) is 0 Å². The van der Waals surface area contributed by atoms with Crippen LogP contribution in [0.1, 0.15) is 29.2 Å². The topological polar surface area (TPSA) is 124 Å². The summed E-state index contributed by atoms with van der Waals surface area (Å²) in [4.78, 5) is 38.5. The highest BCUT2D eigenvalue weighted by Crippen LogP contribution is 2.43. The predicted molar refractivity (Wildman–Crippen MR) is 103 cm³/mol. The number of fused-ring (bicyclic) bond motifs is 1. The van der Waals surface area contributed by atoms with Crippen molar-refractivity contribution in [3.8, 4) is 5.75 Å². The first kappa shape index (κ1) is 20.6. The molecule has 1 aromatic heterocycles. The Morgan fingerprint density at radius 1 is 1.28 bits per heavy atom. The number of carboxylic acid groups (broad SMARTS) is 1. The molecule has 1 aliphatic heterocycles. The van der Waals surface area contributed by atoms with Gasteiger partial charge in [-0.05, 0) is 18.9 Å². The van der Waals surface area contributed by atoms with Gasteiger partial charge in [0, 0.05) is 38.4 Å². The number of rotatable bonds is 5. The van der Waals surface area contributed by atoms with Crippen LogP contribution in [0.25, 0.3) is 10.9 Å². The molecule has 2 fully saturated rings. The van der Waals surface area contributed by atoms with E-state index >= 15 is 4.39 Å². The van der Waals surface area contributed by atoms with Gasteiger partial charge >= 0.3 is 5.97 Å². The Kier molecular flexibility index (Phi) is 5.47. The first-order chi connectivity index (χ1) is 13.5. The van der Waals surface area contributed by atoms with Crippen molar-refractivity contribution in [1.82, 2.24) is 9.47 Å². The molecule has 0 unspecified atom stereocenters. The standard InChI is InChI=1S/C19H20FN3O5.H2O/c1-28-18-15-12(17(25)13(19(26)27)9-23(15)11-2-3-11)8-14(20)16(18)22-6-4-21(10-24)5-7-22;/h8-11H,2-7H2,1H3,(H,26,27);1H2. The van der Waals surface area contributed by atoms with Crippen LogP contribution in [-0.2, 0) is 4.79 Å². The van der Waals surface area contributed by atoms with Crippen LogP contribution in [0.2, 0.25) is 0 Å². The molecule has 3 N–H and O–H groups in total. The Bertz CT molecular complexity index is 1030. The van der Waals surface area contributed by atoms with Gasteiger partial charge in [-0.2, -0.15) is 0 Å². The number of piperazine rings is 1. The predicted octanol–water partition coefficient (Wildman–Crippen LogP) is 0.636. The summed E-state index contributed by atoms with van der Waals surface area (Å²) >= 11 is 0. The average molecular weight is 407 g/mol. The molecule has 0 bridgehead atoms. The van der Waals surface area contributed by atoms with Crippen molar-refractivity contribution in [3.63, 3.8) is 0 Å². The van der Waals surface area contributed by atoms with E-state index in [-0.39, 0.29) is 33.9 Å². The molecule has 4 rings (SSSR count). The van der Waals surface area contributed by atoms with Crippen molar-refractivity contribution in [1.29, 1.82) is 0 Å². The van der Waals surface area contributed by atoms with E-state index in [2.05, 4.69) is 0 Å². The number of aromatic nitrogens is 1. The van der Waals surface area contributed by atoms with Gasteiger partial charge in [0.15, 0.2) is 11.6 Å². The fourth-order valence-electron chi connectivity index (χ4n) is 3.78. The van der Waals surface area contributed by atoms with Gasteiger partial charge < -0.3 is 29.7 Å². The van der Waals surface area contributed by atoms with Crippen LogP contribution >= 0.6 is 0 Å². The van der Waals surface area contributed by atoms with Gasteiger partial charge in [0.05, 0.1) is 18.0 Å². The molecule has 1 saturated heterocycles. The number of ether oxygens (including phenoxy) is 1. The van der Waals surface area contributed by atoms with Crippen LogP contribution in [0.15, 0.2) is 17.1 Å². The van der Waals surface area contributed by atoms with Gasteiger partial charge in [-0.25, -0.2) is 9.18 Å². The number of carbonyl (C=O) groups excluding carboxylic acids is 1. The summed E-state index contributed by atoms with van der Waals surface area (Å²) in [5.74, 6) is -1.77. The molecule has 29 heavy (non-hydrogen) atoms. The van der Waals surface area contributed by atoms with E-state index in [1.54, 1.807) is 14.4 Å². The number of methoxy groups -OCH3 is 1. The van der Waals surface area contributed by atoms with Crippen LogP contribution in [-0.4, -0.2) is 65.7 Å². The largest absolute Gasteiger partial charge is 0.492 e. The lowest BCUT2D eigenvalue weighted by Gasteiger charge is -2.35. The van der Waals surface area contributed by atoms with E-state index in [1.165, 1.54) is 13.3 Å². The van der Waals surface area contributed by atoms with Crippen LogP contribution in [0.4, 0.5) is 10.1 Å². The van der Waals surface area contributed by atoms with Gasteiger partial charge in [-0.3, -0.25) is 9.59 Å².